The van der Waals surface area contributed by atoms with Crippen molar-refractivity contribution in [2.24, 2.45) is 0 Å². The van der Waals surface area contributed by atoms with Crippen molar-refractivity contribution >= 4 is 17.8 Å². The second-order valence-electron chi connectivity index (χ2n) is 5.33. The Balaban J connectivity index is 1.99. The quantitative estimate of drug-likeness (QED) is 0.589. The summed E-state index contributed by atoms with van der Waals surface area (Å²) >= 11 is 0. The molecule has 2 rings (SSSR count). The van der Waals surface area contributed by atoms with Crippen molar-refractivity contribution < 1.29 is 23.8 Å². The molecule has 6 nitrogen and oxygen atoms in total. The average Bonchev–Trinajstić information content (AvgIpc) is 2.60. The summed E-state index contributed by atoms with van der Waals surface area (Å²) in [7, 11) is 1.49. The van der Waals surface area contributed by atoms with Gasteiger partial charge in [0.25, 0.3) is 0 Å². The van der Waals surface area contributed by atoms with Crippen molar-refractivity contribution in [3.63, 3.8) is 0 Å². The normalized spacial score (nSPS) is 17.3. The van der Waals surface area contributed by atoms with E-state index in [-0.39, 0.29) is 12.4 Å². The Morgan fingerprint density at radius 1 is 1.38 bits per heavy atom. The van der Waals surface area contributed by atoms with Crippen molar-refractivity contribution in [2.45, 2.75) is 31.8 Å². The lowest BCUT2D eigenvalue weighted by Crippen LogP contribution is -2.29. The summed E-state index contributed by atoms with van der Waals surface area (Å²) in [5.41, 5.74) is 0.711. The van der Waals surface area contributed by atoms with E-state index >= 15 is 0 Å². The fourth-order valence-corrected chi connectivity index (χ4v) is 2.44. The molecule has 6 heteroatoms. The minimum absolute atomic E-state index is 0.0105. The number of ether oxygens (including phenoxy) is 3. The highest BCUT2D eigenvalue weighted by atomic mass is 16.5. The molecule has 0 heterocycles. The Hall–Kier alpha value is -2.81. The number of hydrogen-bond acceptors (Lipinski definition) is 6. The number of Topliss-reactive ketones (excluding diaryl/α,β-unsaturated/α-hetero) is 1. The van der Waals surface area contributed by atoms with Gasteiger partial charge in [0.15, 0.2) is 30.0 Å². The molecule has 1 saturated carbocycles. The number of ketones is 1. The largest absolute Gasteiger partial charge is 0.493 e. The number of carbonyl (C=O) groups excluding carboxylic acids is 2. The van der Waals surface area contributed by atoms with Gasteiger partial charge in [-0.25, -0.2) is 4.79 Å². The molecule has 0 radical (unpaired) electrons. The van der Waals surface area contributed by atoms with Crippen LogP contribution in [0.5, 0.6) is 11.5 Å². The van der Waals surface area contributed by atoms with Crippen LogP contribution in [0.2, 0.25) is 0 Å². The first-order valence-electron chi connectivity index (χ1n) is 7.73. The predicted octanol–water partition coefficient (Wildman–Crippen LogP) is 2.67. The van der Waals surface area contributed by atoms with Crippen molar-refractivity contribution in [3.05, 3.63) is 29.8 Å². The van der Waals surface area contributed by atoms with Gasteiger partial charge in [-0.15, -0.1) is 0 Å². The Labute approximate surface area is 140 Å². The summed E-state index contributed by atoms with van der Waals surface area (Å²) in [5.74, 6) is 0.359. The van der Waals surface area contributed by atoms with E-state index in [2.05, 4.69) is 0 Å². The van der Waals surface area contributed by atoms with E-state index in [4.69, 9.17) is 19.5 Å². The lowest BCUT2D eigenvalue weighted by molar-refractivity contribution is -0.152. The zero-order valence-corrected chi connectivity index (χ0v) is 13.5. The maximum Gasteiger partial charge on any atom is 0.331 e. The molecule has 1 aliphatic rings. The highest BCUT2D eigenvalue weighted by Gasteiger charge is 2.24. The van der Waals surface area contributed by atoms with Gasteiger partial charge in [-0.05, 0) is 43.0 Å². The van der Waals surface area contributed by atoms with Crippen LogP contribution in [0.4, 0.5) is 0 Å². The number of hydrogen-bond donors (Lipinski definition) is 0. The first-order valence-corrected chi connectivity index (χ1v) is 7.73. The van der Waals surface area contributed by atoms with Gasteiger partial charge >= 0.3 is 5.97 Å². The number of esters is 1. The third kappa shape index (κ3) is 4.85. The second kappa shape index (κ2) is 8.73. The van der Waals surface area contributed by atoms with Crippen LogP contribution in [-0.4, -0.2) is 31.6 Å². The molecule has 0 N–H and O–H groups in total. The van der Waals surface area contributed by atoms with Crippen LogP contribution in [0.1, 0.15) is 31.2 Å². The van der Waals surface area contributed by atoms with Gasteiger partial charge in [-0.1, -0.05) is 6.07 Å². The Kier molecular flexibility index (Phi) is 6.38. The van der Waals surface area contributed by atoms with Gasteiger partial charge in [0.05, 0.1) is 7.11 Å². The summed E-state index contributed by atoms with van der Waals surface area (Å²) in [6, 6.07) is 6.95. The number of benzene rings is 1. The molecule has 0 bridgehead atoms. The molecule has 0 amide bonds. The lowest BCUT2D eigenvalue weighted by Gasteiger charge is -2.19. The molecule has 0 unspecified atom stereocenters. The molecule has 1 aromatic carbocycles. The number of nitriles is 1. The van der Waals surface area contributed by atoms with E-state index in [0.717, 1.165) is 12.8 Å². The molecule has 0 saturated heterocycles. The maximum atomic E-state index is 11.8. The van der Waals surface area contributed by atoms with Gasteiger partial charge in [0.1, 0.15) is 6.07 Å². The van der Waals surface area contributed by atoms with Crippen LogP contribution in [0.25, 0.3) is 6.08 Å². The summed E-state index contributed by atoms with van der Waals surface area (Å²) in [5, 5.41) is 8.54. The Morgan fingerprint density at radius 2 is 2.21 bits per heavy atom. The lowest BCUT2D eigenvalue weighted by atomic mass is 9.96. The summed E-state index contributed by atoms with van der Waals surface area (Å²) in [6.45, 7) is -0.0761. The van der Waals surface area contributed by atoms with Gasteiger partial charge in [-0.3, -0.25) is 4.79 Å². The SMILES string of the molecule is COc1cc(/C=C/C(=O)O[C@@H]2CCCCC2=O)ccc1OCC#N. The van der Waals surface area contributed by atoms with Gasteiger partial charge in [0, 0.05) is 12.5 Å². The fraction of sp³-hybridized carbons (Fsp3) is 0.389. The van der Waals surface area contributed by atoms with Crippen molar-refractivity contribution in [3.8, 4) is 17.6 Å². The van der Waals surface area contributed by atoms with E-state index in [1.165, 1.54) is 13.2 Å². The van der Waals surface area contributed by atoms with E-state index in [9.17, 15) is 9.59 Å². The highest BCUT2D eigenvalue weighted by molar-refractivity contribution is 5.91. The molecule has 126 valence electrons. The average molecular weight is 329 g/mol. The van der Waals surface area contributed by atoms with Gasteiger partial charge in [-0.2, -0.15) is 5.26 Å². The van der Waals surface area contributed by atoms with Crippen LogP contribution in [-0.2, 0) is 14.3 Å². The number of rotatable bonds is 6. The number of methoxy groups -OCH3 is 1. The fourth-order valence-electron chi connectivity index (χ4n) is 2.44. The topological polar surface area (TPSA) is 85.6 Å². The zero-order chi connectivity index (χ0) is 17.4. The molecule has 0 aliphatic heterocycles. The molecule has 24 heavy (non-hydrogen) atoms. The molecule has 1 aromatic rings. The van der Waals surface area contributed by atoms with Crippen LogP contribution >= 0.6 is 0 Å². The molecule has 0 spiro atoms. The van der Waals surface area contributed by atoms with Crippen LogP contribution in [0.15, 0.2) is 24.3 Å². The molecule has 1 atom stereocenters. The van der Waals surface area contributed by atoms with E-state index in [1.807, 2.05) is 6.07 Å². The minimum atomic E-state index is -0.618. The highest BCUT2D eigenvalue weighted by Crippen LogP contribution is 2.28. The van der Waals surface area contributed by atoms with Crippen LogP contribution < -0.4 is 9.47 Å². The zero-order valence-electron chi connectivity index (χ0n) is 13.5. The predicted molar refractivity (Wildman–Crippen MR) is 86.5 cm³/mol. The summed E-state index contributed by atoms with van der Waals surface area (Å²) in [6.07, 6.45) is 5.07. The standard InChI is InChI=1S/C18H19NO5/c1-22-17-12-13(6-8-16(17)23-11-10-19)7-9-18(21)24-15-5-3-2-4-14(15)20/h6-9,12,15H,2-5,11H2,1H3/b9-7+/t15-/m1/s1. The molecular formula is C18H19NO5. The molecule has 1 fully saturated rings. The summed E-state index contributed by atoms with van der Waals surface area (Å²) in [4.78, 5) is 23.5. The monoisotopic (exact) mass is 329 g/mol. The van der Waals surface area contributed by atoms with E-state index < -0.39 is 12.1 Å². The van der Waals surface area contributed by atoms with Crippen molar-refractivity contribution in [1.82, 2.24) is 0 Å². The number of carbonyl (C=O) groups is 2. The van der Waals surface area contributed by atoms with Crippen LogP contribution in [0.3, 0.4) is 0 Å². The second-order valence-corrected chi connectivity index (χ2v) is 5.33. The molecule has 0 aromatic heterocycles. The molecule has 1 aliphatic carbocycles. The van der Waals surface area contributed by atoms with Crippen molar-refractivity contribution in [1.29, 1.82) is 5.26 Å². The third-order valence-corrected chi connectivity index (χ3v) is 3.65. The Bertz CT molecular complexity index is 674. The van der Waals surface area contributed by atoms with E-state index in [0.29, 0.717) is 29.9 Å². The molecular weight excluding hydrogens is 310 g/mol. The van der Waals surface area contributed by atoms with Gasteiger partial charge in [0.2, 0.25) is 0 Å². The first-order chi connectivity index (χ1) is 11.6. The first kappa shape index (κ1) is 17.5. The maximum absolute atomic E-state index is 11.8. The van der Waals surface area contributed by atoms with E-state index in [1.54, 1.807) is 24.3 Å². The van der Waals surface area contributed by atoms with Gasteiger partial charge < -0.3 is 14.2 Å². The smallest absolute Gasteiger partial charge is 0.331 e. The Morgan fingerprint density at radius 3 is 2.92 bits per heavy atom. The van der Waals surface area contributed by atoms with Crippen LogP contribution in [0, 0.1) is 11.3 Å². The third-order valence-electron chi connectivity index (χ3n) is 3.65. The number of nitrogens with zero attached hydrogens (tertiary/aromatic N) is 1. The summed E-state index contributed by atoms with van der Waals surface area (Å²) < 4.78 is 15.6. The minimum Gasteiger partial charge on any atom is -0.493 e. The van der Waals surface area contributed by atoms with Crippen molar-refractivity contribution in [2.75, 3.05) is 13.7 Å².